The highest BCUT2D eigenvalue weighted by Gasteiger charge is 2.25. The maximum Gasteiger partial charge on any atom is 0.221 e. The molecule has 0 bridgehead atoms. The molecule has 3 nitrogen and oxygen atoms in total. The van der Waals surface area contributed by atoms with Gasteiger partial charge in [0.25, 0.3) is 0 Å². The van der Waals surface area contributed by atoms with E-state index >= 15 is 0 Å². The Balaban J connectivity index is 2.37. The first-order valence-electron chi connectivity index (χ1n) is 7.24. The van der Waals surface area contributed by atoms with Gasteiger partial charge in [-0.2, -0.15) is 0 Å². The van der Waals surface area contributed by atoms with Gasteiger partial charge in [0.2, 0.25) is 5.91 Å². The lowest BCUT2D eigenvalue weighted by atomic mass is 9.90. The van der Waals surface area contributed by atoms with E-state index < -0.39 is 0 Å². The predicted molar refractivity (Wildman–Crippen MR) is 86.8 cm³/mol. The molecule has 0 aromatic heterocycles. The number of thioether (sulfide) groups is 1. The Morgan fingerprint density at radius 1 is 1.38 bits per heavy atom. The molecule has 0 aliphatic rings. The van der Waals surface area contributed by atoms with Crippen LogP contribution in [-0.4, -0.2) is 23.7 Å². The zero-order valence-corrected chi connectivity index (χ0v) is 13.8. The fourth-order valence-electron chi connectivity index (χ4n) is 2.28. The number of hydrogen-bond donors (Lipinski definition) is 2. The van der Waals surface area contributed by atoms with Crippen molar-refractivity contribution < 1.29 is 9.18 Å². The number of hydrogen-bond acceptors (Lipinski definition) is 3. The molecule has 5 heteroatoms. The van der Waals surface area contributed by atoms with Gasteiger partial charge < -0.3 is 11.1 Å². The second kappa shape index (κ2) is 8.39. The van der Waals surface area contributed by atoms with Gasteiger partial charge in [0.05, 0.1) is 0 Å². The number of halogens is 1. The van der Waals surface area contributed by atoms with Crippen molar-refractivity contribution >= 4 is 17.7 Å². The van der Waals surface area contributed by atoms with E-state index in [1.165, 1.54) is 12.1 Å². The van der Waals surface area contributed by atoms with E-state index in [-0.39, 0.29) is 17.3 Å². The van der Waals surface area contributed by atoms with Crippen LogP contribution < -0.4 is 11.1 Å². The molecule has 118 valence electrons. The topological polar surface area (TPSA) is 55.1 Å². The molecule has 0 aliphatic heterocycles. The lowest BCUT2D eigenvalue weighted by Gasteiger charge is -2.31. The van der Waals surface area contributed by atoms with Gasteiger partial charge in [-0.1, -0.05) is 13.8 Å². The molecule has 1 unspecified atom stereocenters. The molecule has 1 atom stereocenters. The van der Waals surface area contributed by atoms with E-state index in [0.29, 0.717) is 24.6 Å². The summed E-state index contributed by atoms with van der Waals surface area (Å²) in [6.45, 7) is 6.65. The molecule has 0 saturated heterocycles. The predicted octanol–water partition coefficient (Wildman–Crippen LogP) is 3.19. The number of benzene rings is 1. The number of carbonyl (C=O) groups excluding carboxylic acids is 1. The van der Waals surface area contributed by atoms with Crippen molar-refractivity contribution in [3.05, 3.63) is 30.1 Å². The summed E-state index contributed by atoms with van der Waals surface area (Å²) in [6, 6.07) is 6.30. The van der Waals surface area contributed by atoms with Gasteiger partial charge in [0.15, 0.2) is 0 Å². The van der Waals surface area contributed by atoms with E-state index in [9.17, 15) is 9.18 Å². The summed E-state index contributed by atoms with van der Waals surface area (Å²) >= 11 is 1.55. The minimum atomic E-state index is -0.341. The molecule has 0 heterocycles. The third kappa shape index (κ3) is 6.96. The van der Waals surface area contributed by atoms with Crippen LogP contribution in [0.3, 0.4) is 0 Å². The molecule has 0 spiro atoms. The summed E-state index contributed by atoms with van der Waals surface area (Å²) < 4.78 is 12.8. The van der Waals surface area contributed by atoms with Crippen LogP contribution in [0.25, 0.3) is 0 Å². The van der Waals surface area contributed by atoms with Crippen LogP contribution in [-0.2, 0) is 4.79 Å². The largest absolute Gasteiger partial charge is 0.350 e. The number of nitrogens with two attached hydrogens (primary N) is 1. The van der Waals surface area contributed by atoms with Crippen molar-refractivity contribution in [2.45, 2.75) is 44.0 Å². The number of carbonyl (C=O) groups is 1. The minimum absolute atomic E-state index is 0.0122. The highest BCUT2D eigenvalue weighted by molar-refractivity contribution is 7.99. The van der Waals surface area contributed by atoms with Gasteiger partial charge in [0, 0.05) is 29.2 Å². The Morgan fingerprint density at radius 2 is 2.00 bits per heavy atom. The molecule has 1 aromatic carbocycles. The van der Waals surface area contributed by atoms with Gasteiger partial charge in [-0.15, -0.1) is 11.8 Å². The lowest BCUT2D eigenvalue weighted by Crippen LogP contribution is -2.52. The molecule has 21 heavy (non-hydrogen) atoms. The van der Waals surface area contributed by atoms with Crippen LogP contribution in [0, 0.1) is 11.7 Å². The van der Waals surface area contributed by atoms with Crippen LogP contribution in [0.4, 0.5) is 4.39 Å². The zero-order chi connectivity index (χ0) is 15.9. The summed E-state index contributed by atoms with van der Waals surface area (Å²) in [5, 5.41) is 3.03. The van der Waals surface area contributed by atoms with E-state index in [1.54, 1.807) is 23.9 Å². The molecular weight excluding hydrogens is 287 g/mol. The van der Waals surface area contributed by atoms with Crippen LogP contribution in [0.2, 0.25) is 0 Å². The second-order valence-electron chi connectivity index (χ2n) is 5.96. The zero-order valence-electron chi connectivity index (χ0n) is 13.0. The fourth-order valence-corrected chi connectivity index (χ4v) is 3.13. The Bertz CT molecular complexity index is 450. The third-order valence-electron chi connectivity index (χ3n) is 3.16. The van der Waals surface area contributed by atoms with Gasteiger partial charge >= 0.3 is 0 Å². The van der Waals surface area contributed by atoms with E-state index in [2.05, 4.69) is 19.2 Å². The Labute approximate surface area is 130 Å². The normalized spacial score (nSPS) is 14.0. The lowest BCUT2D eigenvalue weighted by molar-refractivity contribution is -0.122. The summed E-state index contributed by atoms with van der Waals surface area (Å²) in [5.74, 6) is 0.912. The monoisotopic (exact) mass is 312 g/mol. The first-order valence-corrected chi connectivity index (χ1v) is 8.22. The highest BCUT2D eigenvalue weighted by atomic mass is 32.2. The van der Waals surface area contributed by atoms with Crippen LogP contribution >= 0.6 is 11.8 Å². The SMILES string of the molecule is CC(C)CC(C)(CN)NC(=O)CCSc1ccc(F)cc1. The summed E-state index contributed by atoms with van der Waals surface area (Å²) in [4.78, 5) is 13.0. The van der Waals surface area contributed by atoms with Crippen molar-refractivity contribution in [3.8, 4) is 0 Å². The maximum atomic E-state index is 12.8. The maximum absolute atomic E-state index is 12.8. The standard InChI is InChI=1S/C16H25FN2OS/c1-12(2)10-16(3,11-18)19-15(20)8-9-21-14-6-4-13(17)5-7-14/h4-7,12H,8-11,18H2,1-3H3,(H,19,20). The molecule has 0 saturated carbocycles. The number of rotatable bonds is 8. The molecule has 1 aromatic rings. The molecule has 3 N–H and O–H groups in total. The average molecular weight is 312 g/mol. The number of nitrogens with one attached hydrogen (secondary N) is 1. The third-order valence-corrected chi connectivity index (χ3v) is 4.18. The van der Waals surface area contributed by atoms with Gasteiger partial charge in [-0.05, 0) is 43.5 Å². The van der Waals surface area contributed by atoms with Gasteiger partial charge in [-0.25, -0.2) is 4.39 Å². The van der Waals surface area contributed by atoms with E-state index in [1.807, 2.05) is 6.92 Å². The average Bonchev–Trinajstić information content (AvgIpc) is 2.40. The second-order valence-corrected chi connectivity index (χ2v) is 7.13. The molecule has 0 aliphatic carbocycles. The van der Waals surface area contributed by atoms with Crippen LogP contribution in [0.1, 0.15) is 33.6 Å². The van der Waals surface area contributed by atoms with Crippen molar-refractivity contribution in [2.75, 3.05) is 12.3 Å². The van der Waals surface area contributed by atoms with Gasteiger partial charge in [0.1, 0.15) is 5.82 Å². The number of amides is 1. The van der Waals surface area contributed by atoms with Crippen LogP contribution in [0.5, 0.6) is 0 Å². The van der Waals surface area contributed by atoms with E-state index in [4.69, 9.17) is 5.73 Å². The first kappa shape index (κ1) is 18.0. The molecule has 1 rings (SSSR count). The van der Waals surface area contributed by atoms with Gasteiger partial charge in [-0.3, -0.25) is 4.79 Å². The Hall–Kier alpha value is -1.07. The Morgan fingerprint density at radius 3 is 2.52 bits per heavy atom. The molecule has 0 fully saturated rings. The van der Waals surface area contributed by atoms with Crippen LogP contribution in [0.15, 0.2) is 29.2 Å². The molecule has 1 amide bonds. The Kier molecular flexibility index (Phi) is 7.18. The van der Waals surface area contributed by atoms with Crippen molar-refractivity contribution in [1.29, 1.82) is 0 Å². The smallest absolute Gasteiger partial charge is 0.221 e. The minimum Gasteiger partial charge on any atom is -0.350 e. The molecule has 0 radical (unpaired) electrons. The summed E-state index contributed by atoms with van der Waals surface area (Å²) in [7, 11) is 0. The summed E-state index contributed by atoms with van der Waals surface area (Å²) in [6.07, 6.45) is 1.29. The van der Waals surface area contributed by atoms with Crippen molar-refractivity contribution in [1.82, 2.24) is 5.32 Å². The first-order chi connectivity index (χ1) is 9.84. The van der Waals surface area contributed by atoms with Crippen molar-refractivity contribution in [3.63, 3.8) is 0 Å². The van der Waals surface area contributed by atoms with Crippen molar-refractivity contribution in [2.24, 2.45) is 11.7 Å². The molecular formula is C16H25FN2OS. The summed E-state index contributed by atoms with van der Waals surface area (Å²) in [5.41, 5.74) is 5.44. The highest BCUT2D eigenvalue weighted by Crippen LogP contribution is 2.20. The fraction of sp³-hybridized carbons (Fsp3) is 0.562. The quantitative estimate of drug-likeness (QED) is 0.725. The van der Waals surface area contributed by atoms with E-state index in [0.717, 1.165) is 11.3 Å².